The van der Waals surface area contributed by atoms with E-state index in [0.717, 1.165) is 45.7 Å². The second kappa shape index (κ2) is 15.3. The molecule has 0 bridgehead atoms. The fourth-order valence-corrected chi connectivity index (χ4v) is 4.37. The molecule has 192 valence electrons. The summed E-state index contributed by atoms with van der Waals surface area (Å²) in [7, 11) is 0. The van der Waals surface area contributed by atoms with Crippen LogP contribution in [0.1, 0.15) is 45.2 Å². The van der Waals surface area contributed by atoms with Crippen molar-refractivity contribution in [2.24, 2.45) is 0 Å². The van der Waals surface area contributed by atoms with Crippen LogP contribution >= 0.6 is 0 Å². The maximum atomic E-state index is 15.2. The largest absolute Gasteiger partial charge is 1.00 e. The smallest absolute Gasteiger partial charge is 0.169 e. The topological polar surface area (TPSA) is 11.6 Å². The van der Waals surface area contributed by atoms with Crippen LogP contribution in [0.2, 0.25) is 0 Å². The first-order chi connectivity index (χ1) is 16.0. The number of aromatic nitrogens is 1. The number of quaternary nitrogens is 1. The number of hydrogen-bond acceptors (Lipinski definition) is 1. The van der Waals surface area contributed by atoms with Gasteiger partial charge in [-0.2, -0.15) is 0 Å². The first-order valence-electron chi connectivity index (χ1n) is 12.2. The number of rotatable bonds is 11. The maximum Gasteiger partial charge on any atom is 0.169 e. The molecule has 0 aliphatic heterocycles. The Hall–Kier alpha value is -1.83. The van der Waals surface area contributed by atoms with Crippen LogP contribution in [0, 0.1) is 5.82 Å². The van der Waals surface area contributed by atoms with Crippen LogP contribution < -0.4 is 48.3 Å². The molecule has 2 aromatic carbocycles. The minimum atomic E-state index is -0.324. The van der Waals surface area contributed by atoms with Crippen molar-refractivity contribution in [3.63, 3.8) is 0 Å². The first-order valence-corrected chi connectivity index (χ1v) is 12.2. The second-order valence-electron chi connectivity index (χ2n) is 8.39. The lowest BCUT2D eigenvalue weighted by molar-refractivity contribution is -0.898. The highest BCUT2D eigenvalue weighted by molar-refractivity contribution is 5.96. The Balaban J connectivity index is 0.00000306. The number of nitrogens with one attached hydrogen (secondary N) is 1. The van der Waals surface area contributed by atoms with Gasteiger partial charge in [-0.15, -0.1) is 0 Å². The standard InChI is InChI=1S/C28H36F2N3.2BrH/c1-5-31(6-2)17-10-18-32-19-15-22(16-20-32)26(29)21-23-11-9-12-25-24(23)13-14-27(28(25)30)33(7-3)8-4;;/h9,11-16,19-21H,5-8,10,17-18H2,1-4H3;2*1H/q+1;;/p-1/b26-21-;;. The molecule has 0 aliphatic rings. The monoisotopic (exact) mass is 611 g/mol. The van der Waals surface area contributed by atoms with Gasteiger partial charge in [0.15, 0.2) is 24.8 Å². The summed E-state index contributed by atoms with van der Waals surface area (Å²) < 4.78 is 32.4. The summed E-state index contributed by atoms with van der Waals surface area (Å²) in [6.07, 6.45) is 6.46. The van der Waals surface area contributed by atoms with Crippen molar-refractivity contribution in [1.82, 2.24) is 0 Å². The summed E-state index contributed by atoms with van der Waals surface area (Å²) in [6, 6.07) is 12.7. The molecule has 1 N–H and O–H groups in total. The minimum absolute atomic E-state index is 0. The third-order valence-corrected chi connectivity index (χ3v) is 6.51. The van der Waals surface area contributed by atoms with Crippen LogP contribution in [-0.2, 0) is 6.54 Å². The number of anilines is 1. The van der Waals surface area contributed by atoms with Crippen LogP contribution in [0.15, 0.2) is 54.9 Å². The van der Waals surface area contributed by atoms with Gasteiger partial charge in [0.05, 0.1) is 31.7 Å². The highest BCUT2D eigenvalue weighted by Crippen LogP contribution is 2.31. The zero-order valence-corrected chi connectivity index (χ0v) is 24.3. The number of pyridine rings is 1. The third-order valence-electron chi connectivity index (χ3n) is 6.51. The van der Waals surface area contributed by atoms with E-state index >= 15 is 8.78 Å². The molecule has 1 heterocycles. The average molecular weight is 613 g/mol. The van der Waals surface area contributed by atoms with Crippen LogP contribution in [-0.4, -0.2) is 32.7 Å². The van der Waals surface area contributed by atoms with E-state index in [1.165, 1.54) is 6.08 Å². The summed E-state index contributed by atoms with van der Waals surface area (Å²) in [5.74, 6) is -0.574. The van der Waals surface area contributed by atoms with Crippen LogP contribution in [0.5, 0.6) is 0 Å². The van der Waals surface area contributed by atoms with E-state index in [1.807, 2.05) is 43.3 Å². The van der Waals surface area contributed by atoms with Crippen LogP contribution in [0.25, 0.3) is 22.7 Å². The van der Waals surface area contributed by atoms with E-state index in [4.69, 9.17) is 0 Å². The van der Waals surface area contributed by atoms with E-state index in [2.05, 4.69) is 18.4 Å². The minimum Gasteiger partial charge on any atom is -1.00 e. The van der Waals surface area contributed by atoms with Crippen molar-refractivity contribution < 1.29 is 52.2 Å². The Morgan fingerprint density at radius 1 is 0.914 bits per heavy atom. The predicted octanol–water partition coefficient (Wildman–Crippen LogP) is -1.10. The SMILES string of the molecule is CCN(CC)c1ccc2c(/C=C(\F)c3cc[n+](CCC[NH+](CC)CC)cc3)cccc2c1F.[Br-].[Br-]. The highest BCUT2D eigenvalue weighted by atomic mass is 79.9. The van der Waals surface area contributed by atoms with E-state index in [-0.39, 0.29) is 45.6 Å². The molecule has 0 fully saturated rings. The molecular formula is C28H37Br2F2N3. The van der Waals surface area contributed by atoms with E-state index in [9.17, 15) is 0 Å². The number of benzene rings is 2. The zero-order valence-electron chi connectivity index (χ0n) is 21.1. The maximum absolute atomic E-state index is 15.2. The zero-order chi connectivity index (χ0) is 23.8. The molecule has 0 unspecified atom stereocenters. The van der Waals surface area contributed by atoms with Gasteiger partial charge in [-0.1, -0.05) is 24.3 Å². The van der Waals surface area contributed by atoms with Crippen molar-refractivity contribution in [1.29, 1.82) is 0 Å². The lowest BCUT2D eigenvalue weighted by Crippen LogP contribution is -3.11. The van der Waals surface area contributed by atoms with E-state index < -0.39 is 0 Å². The normalized spacial score (nSPS) is 11.3. The fourth-order valence-electron chi connectivity index (χ4n) is 4.37. The van der Waals surface area contributed by atoms with Crippen molar-refractivity contribution in [2.45, 2.75) is 40.7 Å². The third kappa shape index (κ3) is 7.83. The number of halogens is 4. The van der Waals surface area contributed by atoms with Crippen molar-refractivity contribution in [2.75, 3.05) is 37.6 Å². The summed E-state index contributed by atoms with van der Waals surface area (Å²) in [5, 5.41) is 1.23. The molecule has 3 rings (SSSR count). The molecule has 0 radical (unpaired) electrons. The summed E-state index contributed by atoms with van der Waals surface area (Å²) in [5.41, 5.74) is 1.79. The van der Waals surface area contributed by atoms with Crippen LogP contribution in [0.3, 0.4) is 0 Å². The van der Waals surface area contributed by atoms with Gasteiger partial charge in [0.1, 0.15) is 5.83 Å². The molecule has 7 heteroatoms. The Kier molecular flexibility index (Phi) is 13.7. The molecule has 1 aromatic heterocycles. The Labute approximate surface area is 230 Å². The van der Waals surface area contributed by atoms with Crippen molar-refractivity contribution in [3.05, 3.63) is 71.8 Å². The van der Waals surface area contributed by atoms with Gasteiger partial charge in [0.2, 0.25) is 0 Å². The summed E-state index contributed by atoms with van der Waals surface area (Å²) >= 11 is 0. The highest BCUT2D eigenvalue weighted by Gasteiger charge is 2.14. The van der Waals surface area contributed by atoms with Gasteiger partial charge in [0, 0.05) is 36.2 Å². The lowest BCUT2D eigenvalue weighted by atomic mass is 10.0. The summed E-state index contributed by atoms with van der Waals surface area (Å²) in [6.45, 7) is 14.3. The molecule has 0 atom stereocenters. The van der Waals surface area contributed by atoms with Crippen molar-refractivity contribution in [3.8, 4) is 0 Å². The van der Waals surface area contributed by atoms with Gasteiger partial charge in [-0.25, -0.2) is 13.3 Å². The molecule has 0 spiro atoms. The molecule has 3 aromatic rings. The number of fused-ring (bicyclic) bond motifs is 1. The quantitative estimate of drug-likeness (QED) is 0.271. The first kappa shape index (κ1) is 31.2. The van der Waals surface area contributed by atoms with E-state index in [1.54, 1.807) is 35.2 Å². The van der Waals surface area contributed by atoms with Crippen molar-refractivity contribution >= 4 is 28.4 Å². The average Bonchev–Trinajstić information content (AvgIpc) is 2.84. The van der Waals surface area contributed by atoms with Gasteiger partial charge >= 0.3 is 0 Å². The molecule has 0 amide bonds. The van der Waals surface area contributed by atoms with Gasteiger partial charge in [0.25, 0.3) is 0 Å². The van der Waals surface area contributed by atoms with Gasteiger partial charge in [-0.3, -0.25) is 0 Å². The molecule has 0 aliphatic carbocycles. The Morgan fingerprint density at radius 3 is 2.17 bits per heavy atom. The molecule has 0 saturated carbocycles. The second-order valence-corrected chi connectivity index (χ2v) is 8.39. The Bertz CT molecular complexity index is 1080. The molecule has 0 saturated heterocycles. The number of aryl methyl sites for hydroxylation is 1. The number of nitrogens with zero attached hydrogens (tertiary/aromatic N) is 2. The number of hydrogen-bond donors (Lipinski definition) is 1. The van der Waals surface area contributed by atoms with Gasteiger partial charge in [-0.05, 0) is 50.8 Å². The van der Waals surface area contributed by atoms with Crippen LogP contribution in [0.4, 0.5) is 14.5 Å². The molecule has 35 heavy (non-hydrogen) atoms. The fraction of sp³-hybridized carbons (Fsp3) is 0.393. The molecular weight excluding hydrogens is 576 g/mol. The summed E-state index contributed by atoms with van der Waals surface area (Å²) in [4.78, 5) is 3.58. The molecule has 3 nitrogen and oxygen atoms in total. The predicted molar refractivity (Wildman–Crippen MR) is 135 cm³/mol. The Morgan fingerprint density at radius 2 is 1.57 bits per heavy atom. The lowest BCUT2D eigenvalue weighted by Gasteiger charge is -2.22. The van der Waals surface area contributed by atoms with Gasteiger partial charge < -0.3 is 43.8 Å². The van der Waals surface area contributed by atoms with E-state index in [0.29, 0.717) is 27.6 Å².